The van der Waals surface area contributed by atoms with Crippen LogP contribution in [-0.4, -0.2) is 24.1 Å². The van der Waals surface area contributed by atoms with E-state index in [1.54, 1.807) is 19.2 Å². The monoisotopic (exact) mass is 324 g/mol. The van der Waals surface area contributed by atoms with Crippen LogP contribution in [0.15, 0.2) is 47.5 Å². The van der Waals surface area contributed by atoms with Crippen LogP contribution in [-0.2, 0) is 6.54 Å². The molecule has 4 N–H and O–H groups in total. The van der Waals surface area contributed by atoms with Crippen LogP contribution < -0.4 is 15.8 Å². The summed E-state index contributed by atoms with van der Waals surface area (Å²) in [6.07, 6.45) is 0. The molecule has 0 aliphatic rings. The summed E-state index contributed by atoms with van der Waals surface area (Å²) >= 11 is 0. The molecule has 1 amide bonds. The fourth-order valence-corrected chi connectivity index (χ4v) is 1.91. The van der Waals surface area contributed by atoms with Gasteiger partial charge in [0, 0.05) is 0 Å². The quantitative estimate of drug-likeness (QED) is 0.456. The number of aromatic hydroxyl groups is 1. The van der Waals surface area contributed by atoms with E-state index in [0.717, 1.165) is 11.3 Å². The van der Waals surface area contributed by atoms with Crippen LogP contribution in [0.25, 0.3) is 4.85 Å². The van der Waals surface area contributed by atoms with Crippen molar-refractivity contribution in [1.29, 1.82) is 0 Å². The Morgan fingerprint density at radius 3 is 2.67 bits per heavy atom. The topological polar surface area (TPSA) is 101 Å². The van der Waals surface area contributed by atoms with Crippen LogP contribution in [0.1, 0.15) is 15.9 Å². The number of hydrogen-bond donors (Lipinski definition) is 3. The first-order valence-corrected chi connectivity index (χ1v) is 6.98. The third-order valence-electron chi connectivity index (χ3n) is 3.19. The molecule has 122 valence electrons. The third kappa shape index (κ3) is 4.24. The van der Waals surface area contributed by atoms with Crippen molar-refractivity contribution in [2.75, 3.05) is 7.11 Å². The van der Waals surface area contributed by atoms with Crippen molar-refractivity contribution < 1.29 is 14.6 Å². The summed E-state index contributed by atoms with van der Waals surface area (Å²) in [4.78, 5) is 19.4. The van der Waals surface area contributed by atoms with Gasteiger partial charge >= 0.3 is 0 Å². The highest BCUT2D eigenvalue weighted by atomic mass is 16.5. The molecule has 0 spiro atoms. The van der Waals surface area contributed by atoms with Crippen molar-refractivity contribution in [2.45, 2.75) is 6.54 Å². The van der Waals surface area contributed by atoms with E-state index >= 15 is 0 Å². The number of ether oxygens (including phenoxy) is 1. The second-order valence-electron chi connectivity index (χ2n) is 4.82. The summed E-state index contributed by atoms with van der Waals surface area (Å²) in [5, 5.41) is 12.1. The lowest BCUT2D eigenvalue weighted by Crippen LogP contribution is -2.36. The van der Waals surface area contributed by atoms with Gasteiger partial charge in [-0.3, -0.25) is 10.1 Å². The molecule has 24 heavy (non-hydrogen) atoms. The summed E-state index contributed by atoms with van der Waals surface area (Å²) in [7, 11) is 1.58. The third-order valence-corrected chi connectivity index (χ3v) is 3.19. The first kappa shape index (κ1) is 16.8. The molecule has 0 atom stereocenters. The molecule has 2 aromatic rings. The highest BCUT2D eigenvalue weighted by Crippen LogP contribution is 2.23. The van der Waals surface area contributed by atoms with Gasteiger partial charge in [0.05, 0.1) is 25.8 Å². The van der Waals surface area contributed by atoms with Gasteiger partial charge in [-0.25, -0.2) is 9.84 Å². The SMILES string of the molecule is [C-]#[N+]c1ccc(O)c(C(=O)NC(N)=NCc2ccc(OC)cc2)c1. The van der Waals surface area contributed by atoms with E-state index in [1.807, 2.05) is 12.1 Å². The number of carbonyl (C=O) groups is 1. The number of guanidine groups is 1. The molecule has 0 saturated heterocycles. The Labute approximate surface area is 139 Å². The average Bonchev–Trinajstić information content (AvgIpc) is 2.60. The van der Waals surface area contributed by atoms with Crippen LogP contribution in [0.2, 0.25) is 0 Å². The number of nitrogens with two attached hydrogens (primary N) is 1. The first-order chi connectivity index (χ1) is 11.5. The molecule has 0 heterocycles. The lowest BCUT2D eigenvalue weighted by atomic mass is 10.1. The molecule has 0 saturated carbocycles. The Hall–Kier alpha value is -3.53. The van der Waals surface area contributed by atoms with Gasteiger partial charge in [-0.15, -0.1) is 0 Å². The normalized spacial score (nSPS) is 10.8. The predicted octanol–water partition coefficient (Wildman–Crippen LogP) is 2.20. The average molecular weight is 324 g/mol. The van der Waals surface area contributed by atoms with Crippen molar-refractivity contribution in [3.8, 4) is 11.5 Å². The minimum absolute atomic E-state index is 0.0360. The van der Waals surface area contributed by atoms with E-state index in [4.69, 9.17) is 17.0 Å². The number of nitrogens with zero attached hydrogens (tertiary/aromatic N) is 2. The Bertz CT molecular complexity index is 808. The summed E-state index contributed by atoms with van der Waals surface area (Å²) in [6, 6.07) is 11.3. The van der Waals surface area contributed by atoms with Crippen molar-refractivity contribution in [3.63, 3.8) is 0 Å². The van der Waals surface area contributed by atoms with E-state index in [9.17, 15) is 9.90 Å². The number of carbonyl (C=O) groups excluding carboxylic acids is 1. The molecule has 2 aromatic carbocycles. The molecular formula is C17H16N4O3. The Morgan fingerprint density at radius 2 is 2.04 bits per heavy atom. The highest BCUT2D eigenvalue weighted by molar-refractivity contribution is 6.07. The summed E-state index contributed by atoms with van der Waals surface area (Å²) < 4.78 is 5.06. The van der Waals surface area contributed by atoms with Crippen LogP contribution in [0, 0.1) is 6.57 Å². The van der Waals surface area contributed by atoms with E-state index in [2.05, 4.69) is 15.2 Å². The number of rotatable bonds is 4. The van der Waals surface area contributed by atoms with E-state index in [0.29, 0.717) is 0 Å². The zero-order chi connectivity index (χ0) is 17.5. The molecular weight excluding hydrogens is 308 g/mol. The van der Waals surface area contributed by atoms with Crippen molar-refractivity contribution in [1.82, 2.24) is 5.32 Å². The van der Waals surface area contributed by atoms with Crippen LogP contribution in [0.5, 0.6) is 11.5 Å². The molecule has 0 fully saturated rings. The van der Waals surface area contributed by atoms with Crippen molar-refractivity contribution in [2.24, 2.45) is 10.7 Å². The van der Waals surface area contributed by atoms with Crippen molar-refractivity contribution in [3.05, 3.63) is 65.0 Å². The second-order valence-corrected chi connectivity index (χ2v) is 4.82. The fourth-order valence-electron chi connectivity index (χ4n) is 1.91. The summed E-state index contributed by atoms with van der Waals surface area (Å²) in [5.74, 6) is -0.209. The van der Waals surface area contributed by atoms with Crippen LogP contribution >= 0.6 is 0 Å². The van der Waals surface area contributed by atoms with Gasteiger partial charge in [0.1, 0.15) is 11.5 Å². The number of phenols is 1. The predicted molar refractivity (Wildman–Crippen MR) is 90.2 cm³/mol. The fraction of sp³-hybridized carbons (Fsp3) is 0.118. The molecule has 0 unspecified atom stereocenters. The van der Waals surface area contributed by atoms with Gasteiger partial charge in [0.25, 0.3) is 5.91 Å². The van der Waals surface area contributed by atoms with Gasteiger partial charge in [0.15, 0.2) is 11.6 Å². The first-order valence-electron chi connectivity index (χ1n) is 6.98. The second kappa shape index (κ2) is 7.65. The van der Waals surface area contributed by atoms with Crippen LogP contribution in [0.3, 0.4) is 0 Å². The molecule has 7 nitrogen and oxygen atoms in total. The number of amides is 1. The molecule has 0 aliphatic carbocycles. The maximum Gasteiger partial charge on any atom is 0.260 e. The van der Waals surface area contributed by atoms with Gasteiger partial charge < -0.3 is 15.6 Å². The van der Waals surface area contributed by atoms with Gasteiger partial charge in [-0.05, 0) is 29.8 Å². The molecule has 7 heteroatoms. The minimum Gasteiger partial charge on any atom is -0.507 e. The van der Waals surface area contributed by atoms with E-state index < -0.39 is 5.91 Å². The lowest BCUT2D eigenvalue weighted by Gasteiger charge is -2.07. The highest BCUT2D eigenvalue weighted by Gasteiger charge is 2.12. The Kier molecular flexibility index (Phi) is 5.36. The summed E-state index contributed by atoms with van der Waals surface area (Å²) in [5.41, 5.74) is 6.79. The molecule has 0 bridgehead atoms. The van der Waals surface area contributed by atoms with Gasteiger partial charge in [-0.1, -0.05) is 18.2 Å². The molecule has 0 radical (unpaired) electrons. The van der Waals surface area contributed by atoms with Gasteiger partial charge in [-0.2, -0.15) is 0 Å². The number of nitrogens with one attached hydrogen (secondary N) is 1. The Morgan fingerprint density at radius 1 is 1.33 bits per heavy atom. The smallest absolute Gasteiger partial charge is 0.260 e. The van der Waals surface area contributed by atoms with E-state index in [-0.39, 0.29) is 29.5 Å². The molecule has 0 aliphatic heterocycles. The molecule has 0 aromatic heterocycles. The minimum atomic E-state index is -0.631. The molecule has 2 rings (SSSR count). The Balaban J connectivity index is 2.04. The number of methoxy groups -OCH3 is 1. The summed E-state index contributed by atoms with van der Waals surface area (Å²) in [6.45, 7) is 7.22. The number of phenolic OH excluding ortho intramolecular Hbond substituents is 1. The van der Waals surface area contributed by atoms with Gasteiger partial charge in [0.2, 0.25) is 0 Å². The lowest BCUT2D eigenvalue weighted by molar-refractivity contribution is 0.0974. The maximum atomic E-state index is 12.1. The standard InChI is InChI=1S/C17H16N4O3/c1-19-12-5-8-15(22)14(9-12)16(23)21-17(18)20-10-11-3-6-13(24-2)7-4-11/h3-9,22H,10H2,2H3,(H3,18,20,21,23). The van der Waals surface area contributed by atoms with Crippen molar-refractivity contribution >= 4 is 17.6 Å². The van der Waals surface area contributed by atoms with E-state index in [1.165, 1.54) is 18.2 Å². The zero-order valence-corrected chi connectivity index (χ0v) is 13.0. The number of aliphatic imine (C=N–C) groups is 1. The van der Waals surface area contributed by atoms with Crippen LogP contribution in [0.4, 0.5) is 5.69 Å². The number of hydrogen-bond acceptors (Lipinski definition) is 4. The maximum absolute atomic E-state index is 12.1. The largest absolute Gasteiger partial charge is 0.507 e. The number of benzene rings is 2. The zero-order valence-electron chi connectivity index (χ0n) is 13.0.